The average molecular weight is 1070 g/mol. The first kappa shape index (κ1) is 74.4. The largest absolute Gasteiger partial charge is 0.462 e. The standard InChI is InChI=1S/C70H136O6/c1-4-7-10-13-16-19-22-25-28-30-32-34-35-36-38-39-42-45-48-51-54-57-60-63-69(72)75-66-67(65-74-68(71)62-59-56-53-50-47-44-41-27-24-21-18-15-12-9-6-3)76-70(73)64-61-58-55-52-49-46-43-40-37-33-31-29-26-23-20-17-14-11-8-5-2/h67H,4-66H2,1-3H3. The van der Waals surface area contributed by atoms with Gasteiger partial charge in [0.1, 0.15) is 13.2 Å². The Kier molecular flexibility index (Phi) is 64.5. The zero-order chi connectivity index (χ0) is 55.0. The normalized spacial score (nSPS) is 11.9. The molecule has 0 aliphatic rings. The van der Waals surface area contributed by atoms with E-state index in [1.54, 1.807) is 0 Å². The van der Waals surface area contributed by atoms with E-state index < -0.39 is 6.10 Å². The quantitative estimate of drug-likeness (QED) is 0.0343. The summed E-state index contributed by atoms with van der Waals surface area (Å²) in [5.41, 5.74) is 0. The summed E-state index contributed by atoms with van der Waals surface area (Å²) in [6, 6.07) is 0. The van der Waals surface area contributed by atoms with Gasteiger partial charge in [-0.25, -0.2) is 0 Å². The predicted octanol–water partition coefficient (Wildman–Crippen LogP) is 23.8. The summed E-state index contributed by atoms with van der Waals surface area (Å²) in [6.07, 6.45) is 77.0. The van der Waals surface area contributed by atoms with Crippen LogP contribution in [0.15, 0.2) is 0 Å². The van der Waals surface area contributed by atoms with Crippen molar-refractivity contribution in [2.45, 2.75) is 419 Å². The van der Waals surface area contributed by atoms with Crippen LogP contribution < -0.4 is 0 Å². The molecule has 0 aliphatic heterocycles. The van der Waals surface area contributed by atoms with Gasteiger partial charge in [-0.15, -0.1) is 0 Å². The predicted molar refractivity (Wildman–Crippen MR) is 330 cm³/mol. The molecular weight excluding hydrogens is 937 g/mol. The van der Waals surface area contributed by atoms with Crippen molar-refractivity contribution in [1.82, 2.24) is 0 Å². The fourth-order valence-corrected chi connectivity index (χ4v) is 11.1. The van der Waals surface area contributed by atoms with Crippen LogP contribution in [0.5, 0.6) is 0 Å². The smallest absolute Gasteiger partial charge is 0.306 e. The van der Waals surface area contributed by atoms with Crippen molar-refractivity contribution in [2.75, 3.05) is 13.2 Å². The van der Waals surface area contributed by atoms with E-state index in [9.17, 15) is 14.4 Å². The molecule has 0 bridgehead atoms. The lowest BCUT2D eigenvalue weighted by Gasteiger charge is -2.18. The Balaban J connectivity index is 4.23. The highest BCUT2D eigenvalue weighted by Crippen LogP contribution is 2.19. The highest BCUT2D eigenvalue weighted by molar-refractivity contribution is 5.71. The number of carbonyl (C=O) groups is 3. The van der Waals surface area contributed by atoms with Crippen LogP contribution in [0.3, 0.4) is 0 Å². The second-order valence-corrected chi connectivity index (χ2v) is 24.2. The van der Waals surface area contributed by atoms with Gasteiger partial charge in [0.05, 0.1) is 0 Å². The zero-order valence-electron chi connectivity index (χ0n) is 52.1. The van der Waals surface area contributed by atoms with Crippen LogP contribution in [0.2, 0.25) is 0 Å². The molecule has 76 heavy (non-hydrogen) atoms. The lowest BCUT2D eigenvalue weighted by atomic mass is 10.0. The van der Waals surface area contributed by atoms with Crippen LogP contribution in [0, 0.1) is 0 Å². The number of hydrogen-bond acceptors (Lipinski definition) is 6. The molecule has 452 valence electrons. The molecule has 1 unspecified atom stereocenters. The molecule has 0 fully saturated rings. The Labute approximate surface area is 476 Å². The second kappa shape index (κ2) is 65.9. The second-order valence-electron chi connectivity index (χ2n) is 24.2. The van der Waals surface area contributed by atoms with Crippen molar-refractivity contribution in [3.8, 4) is 0 Å². The summed E-state index contributed by atoms with van der Waals surface area (Å²) >= 11 is 0. The maximum absolute atomic E-state index is 12.9. The highest BCUT2D eigenvalue weighted by Gasteiger charge is 2.19. The minimum atomic E-state index is -0.763. The Morgan fingerprint density at radius 1 is 0.211 bits per heavy atom. The molecule has 6 heteroatoms. The minimum absolute atomic E-state index is 0.0601. The van der Waals surface area contributed by atoms with Gasteiger partial charge in [0.2, 0.25) is 0 Å². The van der Waals surface area contributed by atoms with Gasteiger partial charge in [-0.3, -0.25) is 14.4 Å². The highest BCUT2D eigenvalue weighted by atomic mass is 16.6. The number of hydrogen-bond donors (Lipinski definition) is 0. The first-order valence-electron chi connectivity index (χ1n) is 35.0. The van der Waals surface area contributed by atoms with Crippen LogP contribution >= 0.6 is 0 Å². The van der Waals surface area contributed by atoms with E-state index in [1.807, 2.05) is 0 Å². The molecule has 0 amide bonds. The van der Waals surface area contributed by atoms with Crippen LogP contribution in [-0.4, -0.2) is 37.2 Å². The number of carbonyl (C=O) groups excluding carboxylic acids is 3. The first-order chi connectivity index (χ1) is 37.5. The SMILES string of the molecule is CCCCCCCCCCCCCCCCCCCCCCCCCC(=O)OCC(COC(=O)CCCCCCCCCCCCCCCCC)OC(=O)CCCCCCCCCCCCCCCCCCCCCC. The van der Waals surface area contributed by atoms with Crippen molar-refractivity contribution < 1.29 is 28.6 Å². The lowest BCUT2D eigenvalue weighted by Crippen LogP contribution is -2.30. The molecule has 0 aromatic carbocycles. The van der Waals surface area contributed by atoms with Crippen molar-refractivity contribution in [1.29, 1.82) is 0 Å². The number of rotatable bonds is 66. The average Bonchev–Trinajstić information content (AvgIpc) is 3.42. The third-order valence-electron chi connectivity index (χ3n) is 16.4. The summed E-state index contributed by atoms with van der Waals surface area (Å²) in [5.74, 6) is -0.819. The summed E-state index contributed by atoms with van der Waals surface area (Å²) in [4.78, 5) is 38.4. The van der Waals surface area contributed by atoms with Gasteiger partial charge in [0.15, 0.2) is 6.10 Å². The summed E-state index contributed by atoms with van der Waals surface area (Å²) < 4.78 is 17.0. The van der Waals surface area contributed by atoms with Crippen LogP contribution in [0.4, 0.5) is 0 Å². The zero-order valence-corrected chi connectivity index (χ0v) is 52.1. The Bertz CT molecular complexity index is 1140. The topological polar surface area (TPSA) is 78.9 Å². The molecule has 0 N–H and O–H groups in total. The van der Waals surface area contributed by atoms with E-state index in [2.05, 4.69) is 20.8 Å². The van der Waals surface area contributed by atoms with E-state index in [4.69, 9.17) is 14.2 Å². The van der Waals surface area contributed by atoms with Gasteiger partial charge in [-0.1, -0.05) is 374 Å². The molecule has 0 aromatic heterocycles. The monoisotopic (exact) mass is 1070 g/mol. The summed E-state index contributed by atoms with van der Waals surface area (Å²) in [6.45, 7) is 6.75. The van der Waals surface area contributed by atoms with Gasteiger partial charge < -0.3 is 14.2 Å². The molecule has 0 spiro atoms. The molecular formula is C70H136O6. The molecule has 6 nitrogen and oxygen atoms in total. The van der Waals surface area contributed by atoms with Gasteiger partial charge in [0.25, 0.3) is 0 Å². The Morgan fingerprint density at radius 3 is 0.526 bits per heavy atom. The molecule has 0 rings (SSSR count). The van der Waals surface area contributed by atoms with E-state index in [-0.39, 0.29) is 31.1 Å². The summed E-state index contributed by atoms with van der Waals surface area (Å²) in [7, 11) is 0. The fourth-order valence-electron chi connectivity index (χ4n) is 11.1. The third-order valence-corrected chi connectivity index (χ3v) is 16.4. The van der Waals surface area contributed by atoms with Crippen molar-refractivity contribution in [2.24, 2.45) is 0 Å². The maximum Gasteiger partial charge on any atom is 0.306 e. The Hall–Kier alpha value is -1.59. The maximum atomic E-state index is 12.9. The fraction of sp³-hybridized carbons (Fsp3) is 0.957. The van der Waals surface area contributed by atoms with Crippen LogP contribution in [-0.2, 0) is 28.6 Å². The summed E-state index contributed by atoms with van der Waals surface area (Å²) in [5, 5.41) is 0. The van der Waals surface area contributed by atoms with E-state index in [1.165, 1.54) is 315 Å². The minimum Gasteiger partial charge on any atom is -0.462 e. The third kappa shape index (κ3) is 63.2. The van der Waals surface area contributed by atoms with Gasteiger partial charge in [0, 0.05) is 19.3 Å². The van der Waals surface area contributed by atoms with Crippen LogP contribution in [0.1, 0.15) is 412 Å². The number of esters is 3. The molecule has 1 atom stereocenters. The molecule has 0 radical (unpaired) electrons. The van der Waals surface area contributed by atoms with E-state index >= 15 is 0 Å². The van der Waals surface area contributed by atoms with Crippen LogP contribution in [0.25, 0.3) is 0 Å². The molecule has 0 saturated heterocycles. The van der Waals surface area contributed by atoms with E-state index in [0.717, 1.165) is 57.8 Å². The molecule has 0 aromatic rings. The van der Waals surface area contributed by atoms with Gasteiger partial charge >= 0.3 is 17.9 Å². The van der Waals surface area contributed by atoms with E-state index in [0.29, 0.717) is 19.3 Å². The molecule has 0 saturated carbocycles. The Morgan fingerprint density at radius 2 is 0.355 bits per heavy atom. The van der Waals surface area contributed by atoms with Gasteiger partial charge in [-0.05, 0) is 19.3 Å². The number of unbranched alkanes of at least 4 members (excludes halogenated alkanes) is 55. The molecule has 0 heterocycles. The van der Waals surface area contributed by atoms with Crippen molar-refractivity contribution in [3.05, 3.63) is 0 Å². The van der Waals surface area contributed by atoms with Gasteiger partial charge in [-0.2, -0.15) is 0 Å². The van der Waals surface area contributed by atoms with Crippen molar-refractivity contribution in [3.63, 3.8) is 0 Å². The molecule has 0 aliphatic carbocycles. The first-order valence-corrected chi connectivity index (χ1v) is 35.0. The lowest BCUT2D eigenvalue weighted by molar-refractivity contribution is -0.167. The number of ether oxygens (including phenoxy) is 3. The van der Waals surface area contributed by atoms with Crippen molar-refractivity contribution >= 4 is 17.9 Å².